The van der Waals surface area contributed by atoms with Crippen LogP contribution in [0.15, 0.2) is 53.0 Å². The molecule has 1 N–H and O–H groups in total. The van der Waals surface area contributed by atoms with E-state index in [1.807, 2.05) is 43.3 Å². The first kappa shape index (κ1) is 15.5. The van der Waals surface area contributed by atoms with Gasteiger partial charge in [-0.05, 0) is 71.8 Å². The van der Waals surface area contributed by atoms with Crippen molar-refractivity contribution in [2.24, 2.45) is 0 Å². The van der Waals surface area contributed by atoms with Gasteiger partial charge in [-0.15, -0.1) is 0 Å². The number of nitrogens with one attached hydrogen (secondary N) is 1. The van der Waals surface area contributed by atoms with Crippen LogP contribution >= 0.6 is 38.5 Å². The summed E-state index contributed by atoms with van der Waals surface area (Å²) in [5, 5.41) is 3.03. The number of amides is 1. The van der Waals surface area contributed by atoms with Crippen LogP contribution in [0.4, 0.5) is 0 Å². The van der Waals surface area contributed by atoms with E-state index in [1.165, 1.54) is 5.56 Å². The summed E-state index contributed by atoms with van der Waals surface area (Å²) in [6.45, 7) is 2.02. The summed E-state index contributed by atoms with van der Waals surface area (Å²) >= 11 is 5.63. The average Bonchev–Trinajstić information content (AvgIpc) is 2.41. The smallest absolute Gasteiger partial charge is 0.251 e. The highest BCUT2D eigenvalue weighted by molar-refractivity contribution is 14.1. The monoisotopic (exact) mass is 443 g/mol. The molecular formula is C16H15BrINO. The van der Waals surface area contributed by atoms with Crippen molar-refractivity contribution >= 4 is 44.4 Å². The Hall–Kier alpha value is -0.880. The van der Waals surface area contributed by atoms with Gasteiger partial charge >= 0.3 is 0 Å². The molecular weight excluding hydrogens is 429 g/mol. The van der Waals surface area contributed by atoms with Crippen LogP contribution in [0.2, 0.25) is 0 Å². The molecule has 104 valence electrons. The number of carbonyl (C=O) groups is 1. The van der Waals surface area contributed by atoms with Gasteiger partial charge in [-0.1, -0.05) is 34.1 Å². The first-order valence-electron chi connectivity index (χ1n) is 6.35. The largest absolute Gasteiger partial charge is 0.349 e. The molecule has 4 heteroatoms. The van der Waals surface area contributed by atoms with Crippen LogP contribution in [-0.2, 0) is 6.42 Å². The van der Waals surface area contributed by atoms with Crippen molar-refractivity contribution in [2.75, 3.05) is 0 Å². The van der Waals surface area contributed by atoms with E-state index in [0.29, 0.717) is 5.56 Å². The van der Waals surface area contributed by atoms with E-state index in [0.717, 1.165) is 14.5 Å². The molecule has 0 aromatic heterocycles. The molecule has 1 amide bonds. The first-order chi connectivity index (χ1) is 9.54. The standard InChI is InChI=1S/C16H15BrINO/c1-11(9-12-5-7-14(17)8-6-12)19-16(20)13-3-2-4-15(18)10-13/h2-8,10-11H,9H2,1H3,(H,19,20). The Morgan fingerprint density at radius 3 is 2.60 bits per heavy atom. The van der Waals surface area contributed by atoms with Gasteiger partial charge in [0, 0.05) is 19.6 Å². The summed E-state index contributed by atoms with van der Waals surface area (Å²) < 4.78 is 2.13. The predicted octanol–water partition coefficient (Wildman–Crippen LogP) is 4.41. The van der Waals surface area contributed by atoms with Crippen LogP contribution in [-0.4, -0.2) is 11.9 Å². The number of hydrogen-bond acceptors (Lipinski definition) is 1. The summed E-state index contributed by atoms with van der Waals surface area (Å²) in [6, 6.07) is 15.9. The Labute approximate surface area is 141 Å². The molecule has 2 aromatic rings. The quantitative estimate of drug-likeness (QED) is 0.696. The van der Waals surface area contributed by atoms with Gasteiger partial charge in [-0.25, -0.2) is 0 Å². The minimum Gasteiger partial charge on any atom is -0.349 e. The van der Waals surface area contributed by atoms with Crippen LogP contribution in [0, 0.1) is 3.57 Å². The zero-order chi connectivity index (χ0) is 14.5. The van der Waals surface area contributed by atoms with E-state index in [4.69, 9.17) is 0 Å². The summed E-state index contributed by atoms with van der Waals surface area (Å²) in [7, 11) is 0. The Morgan fingerprint density at radius 1 is 1.25 bits per heavy atom. The van der Waals surface area contributed by atoms with Crippen LogP contribution in [0.25, 0.3) is 0 Å². The molecule has 0 aliphatic carbocycles. The van der Waals surface area contributed by atoms with Crippen molar-refractivity contribution in [3.8, 4) is 0 Å². The van der Waals surface area contributed by atoms with Gasteiger partial charge in [0.25, 0.3) is 5.91 Å². The second-order valence-corrected chi connectivity index (χ2v) is 6.88. The molecule has 0 aliphatic heterocycles. The molecule has 0 bridgehead atoms. The van der Waals surface area contributed by atoms with Crippen molar-refractivity contribution < 1.29 is 4.79 Å². The SMILES string of the molecule is CC(Cc1ccc(Br)cc1)NC(=O)c1cccc(I)c1. The minimum atomic E-state index is -0.0203. The lowest BCUT2D eigenvalue weighted by molar-refractivity contribution is 0.0940. The number of hydrogen-bond donors (Lipinski definition) is 1. The van der Waals surface area contributed by atoms with Crippen LogP contribution in [0.5, 0.6) is 0 Å². The normalized spacial score (nSPS) is 11.9. The third-order valence-electron chi connectivity index (χ3n) is 2.92. The Kier molecular flexibility index (Phi) is 5.60. The average molecular weight is 444 g/mol. The minimum absolute atomic E-state index is 0.0203. The van der Waals surface area contributed by atoms with Gasteiger partial charge in [0.1, 0.15) is 0 Å². The number of halogens is 2. The highest BCUT2D eigenvalue weighted by Crippen LogP contribution is 2.12. The van der Waals surface area contributed by atoms with Crippen molar-refractivity contribution in [2.45, 2.75) is 19.4 Å². The highest BCUT2D eigenvalue weighted by Gasteiger charge is 2.10. The van der Waals surface area contributed by atoms with Crippen LogP contribution in [0.1, 0.15) is 22.8 Å². The third kappa shape index (κ3) is 4.59. The Morgan fingerprint density at radius 2 is 1.95 bits per heavy atom. The summed E-state index contributed by atoms with van der Waals surface area (Å²) in [6.07, 6.45) is 0.822. The summed E-state index contributed by atoms with van der Waals surface area (Å²) in [5.41, 5.74) is 1.92. The molecule has 2 aromatic carbocycles. The molecule has 0 spiro atoms. The van der Waals surface area contributed by atoms with E-state index in [-0.39, 0.29) is 11.9 Å². The van der Waals surface area contributed by atoms with Gasteiger partial charge in [0.2, 0.25) is 0 Å². The number of benzene rings is 2. The zero-order valence-corrected chi connectivity index (χ0v) is 14.8. The van der Waals surface area contributed by atoms with E-state index >= 15 is 0 Å². The highest BCUT2D eigenvalue weighted by atomic mass is 127. The second kappa shape index (κ2) is 7.22. The summed E-state index contributed by atoms with van der Waals surface area (Å²) in [4.78, 5) is 12.1. The van der Waals surface area contributed by atoms with Crippen LogP contribution < -0.4 is 5.32 Å². The lowest BCUT2D eigenvalue weighted by atomic mass is 10.1. The van der Waals surface area contributed by atoms with E-state index in [2.05, 4.69) is 56.0 Å². The van der Waals surface area contributed by atoms with Crippen molar-refractivity contribution in [1.82, 2.24) is 5.32 Å². The Bertz CT molecular complexity index is 598. The maximum absolute atomic E-state index is 12.1. The molecule has 0 heterocycles. The van der Waals surface area contributed by atoms with Gasteiger partial charge in [0.15, 0.2) is 0 Å². The fourth-order valence-electron chi connectivity index (χ4n) is 1.96. The number of carbonyl (C=O) groups excluding carboxylic acids is 1. The van der Waals surface area contributed by atoms with Crippen molar-refractivity contribution in [1.29, 1.82) is 0 Å². The third-order valence-corrected chi connectivity index (χ3v) is 4.12. The van der Waals surface area contributed by atoms with E-state index in [9.17, 15) is 4.79 Å². The lowest BCUT2D eigenvalue weighted by Gasteiger charge is -2.14. The van der Waals surface area contributed by atoms with E-state index in [1.54, 1.807) is 0 Å². The molecule has 0 aliphatic rings. The van der Waals surface area contributed by atoms with Crippen molar-refractivity contribution in [3.63, 3.8) is 0 Å². The topological polar surface area (TPSA) is 29.1 Å². The predicted molar refractivity (Wildman–Crippen MR) is 93.9 cm³/mol. The van der Waals surface area contributed by atoms with Crippen LogP contribution in [0.3, 0.4) is 0 Å². The van der Waals surface area contributed by atoms with Gasteiger partial charge in [0.05, 0.1) is 0 Å². The molecule has 0 saturated carbocycles. The van der Waals surface area contributed by atoms with Gasteiger partial charge in [-0.3, -0.25) is 4.79 Å². The van der Waals surface area contributed by atoms with E-state index < -0.39 is 0 Å². The molecule has 2 rings (SSSR count). The summed E-state index contributed by atoms with van der Waals surface area (Å²) in [5.74, 6) is -0.0203. The fourth-order valence-corrected chi connectivity index (χ4v) is 2.77. The molecule has 1 unspecified atom stereocenters. The maximum Gasteiger partial charge on any atom is 0.251 e. The van der Waals surface area contributed by atoms with Crippen molar-refractivity contribution in [3.05, 3.63) is 67.7 Å². The van der Waals surface area contributed by atoms with Gasteiger partial charge < -0.3 is 5.32 Å². The molecule has 2 nitrogen and oxygen atoms in total. The lowest BCUT2D eigenvalue weighted by Crippen LogP contribution is -2.34. The fraction of sp³-hybridized carbons (Fsp3) is 0.188. The first-order valence-corrected chi connectivity index (χ1v) is 8.22. The molecule has 0 fully saturated rings. The number of rotatable bonds is 4. The zero-order valence-electron chi connectivity index (χ0n) is 11.1. The Balaban J connectivity index is 1.95. The molecule has 0 radical (unpaired) electrons. The maximum atomic E-state index is 12.1. The molecule has 20 heavy (non-hydrogen) atoms. The second-order valence-electron chi connectivity index (χ2n) is 4.72. The molecule has 0 saturated heterocycles. The molecule has 1 atom stereocenters. The van der Waals surface area contributed by atoms with Gasteiger partial charge in [-0.2, -0.15) is 0 Å².